The van der Waals surface area contributed by atoms with E-state index < -0.39 is 11.8 Å². The quantitative estimate of drug-likeness (QED) is 0.463. The van der Waals surface area contributed by atoms with Crippen LogP contribution in [0.4, 0.5) is 0 Å². The maximum absolute atomic E-state index is 11.4. The smallest absolute Gasteiger partial charge is 0.377 e. The Hall–Kier alpha value is -2.37. The molecule has 0 aliphatic carbocycles. The fourth-order valence-corrected chi connectivity index (χ4v) is 1.38. The highest BCUT2D eigenvalue weighted by Gasteiger charge is 2.23. The van der Waals surface area contributed by atoms with Gasteiger partial charge in [0, 0.05) is 0 Å². The van der Waals surface area contributed by atoms with Gasteiger partial charge in [0.1, 0.15) is 0 Å². The Morgan fingerprint density at radius 2 is 1.76 bits per heavy atom. The number of aldehydes is 1. The number of benzene rings is 1. The van der Waals surface area contributed by atoms with Crippen molar-refractivity contribution in [2.45, 2.75) is 0 Å². The van der Waals surface area contributed by atoms with E-state index in [1.165, 1.54) is 26.4 Å². The molecule has 0 aliphatic rings. The van der Waals surface area contributed by atoms with Crippen LogP contribution in [-0.2, 0) is 4.79 Å². The summed E-state index contributed by atoms with van der Waals surface area (Å²) in [7, 11) is 2.55. The number of Topliss-reactive ketones (excluding diaryl/α,β-unsaturated/α-hetero) is 1. The van der Waals surface area contributed by atoms with Gasteiger partial charge in [-0.2, -0.15) is 0 Å². The molecule has 1 aromatic rings. The van der Waals surface area contributed by atoms with Crippen LogP contribution in [0.5, 0.6) is 11.5 Å². The molecule has 0 spiro atoms. The molecule has 0 amide bonds. The summed E-state index contributed by atoms with van der Waals surface area (Å²) in [5.74, 6) is -2.76. The van der Waals surface area contributed by atoms with Crippen molar-refractivity contribution in [3.63, 3.8) is 0 Å². The van der Waals surface area contributed by atoms with Crippen LogP contribution in [0.25, 0.3) is 0 Å². The molecule has 90 valence electrons. The second-order valence-corrected chi connectivity index (χ2v) is 3.02. The first-order valence-electron chi connectivity index (χ1n) is 4.54. The highest BCUT2D eigenvalue weighted by atomic mass is 16.5. The van der Waals surface area contributed by atoms with E-state index in [9.17, 15) is 14.4 Å². The van der Waals surface area contributed by atoms with Crippen LogP contribution in [0.15, 0.2) is 12.1 Å². The van der Waals surface area contributed by atoms with Gasteiger partial charge in [-0.25, -0.2) is 4.79 Å². The first kappa shape index (κ1) is 12.7. The number of aliphatic carboxylic acids is 1. The lowest BCUT2D eigenvalue weighted by molar-refractivity contribution is -0.131. The van der Waals surface area contributed by atoms with Crippen LogP contribution >= 0.6 is 0 Å². The summed E-state index contributed by atoms with van der Waals surface area (Å²) in [5, 5.41) is 8.63. The third kappa shape index (κ3) is 2.25. The maximum Gasteiger partial charge on any atom is 0.377 e. The van der Waals surface area contributed by atoms with E-state index in [-0.39, 0.29) is 22.6 Å². The summed E-state index contributed by atoms with van der Waals surface area (Å²) in [6.45, 7) is 0. The van der Waals surface area contributed by atoms with E-state index in [0.717, 1.165) is 0 Å². The summed E-state index contributed by atoms with van der Waals surface area (Å²) >= 11 is 0. The molecule has 6 nitrogen and oxygen atoms in total. The first-order chi connectivity index (χ1) is 8.06. The van der Waals surface area contributed by atoms with Crippen LogP contribution in [0.3, 0.4) is 0 Å². The lowest BCUT2D eigenvalue weighted by atomic mass is 10.1. The van der Waals surface area contributed by atoms with Gasteiger partial charge < -0.3 is 14.6 Å². The van der Waals surface area contributed by atoms with Crippen LogP contribution in [-0.4, -0.2) is 37.4 Å². The highest BCUT2D eigenvalue weighted by Crippen LogP contribution is 2.34. The molecule has 0 unspecified atom stereocenters. The Bertz CT molecular complexity index is 477. The number of rotatable bonds is 5. The molecule has 0 radical (unpaired) electrons. The molecule has 0 saturated heterocycles. The number of ketones is 1. The van der Waals surface area contributed by atoms with Crippen molar-refractivity contribution in [3.8, 4) is 11.5 Å². The number of hydrogen-bond acceptors (Lipinski definition) is 5. The second kappa shape index (κ2) is 5.11. The Morgan fingerprint density at radius 3 is 2.18 bits per heavy atom. The molecule has 0 atom stereocenters. The Labute approximate surface area is 96.8 Å². The molecule has 6 heteroatoms. The molecule has 1 N–H and O–H groups in total. The van der Waals surface area contributed by atoms with Crippen molar-refractivity contribution in [2.24, 2.45) is 0 Å². The monoisotopic (exact) mass is 238 g/mol. The Morgan fingerprint density at radius 1 is 1.18 bits per heavy atom. The third-order valence-corrected chi connectivity index (χ3v) is 2.12. The zero-order chi connectivity index (χ0) is 13.0. The van der Waals surface area contributed by atoms with Crippen LogP contribution in [0, 0.1) is 0 Å². The maximum atomic E-state index is 11.4. The SMILES string of the molecule is COc1c(C=O)ccc(C(=O)C(=O)O)c1OC. The van der Waals surface area contributed by atoms with Gasteiger partial charge in [-0.1, -0.05) is 0 Å². The van der Waals surface area contributed by atoms with Crippen molar-refractivity contribution >= 4 is 18.0 Å². The summed E-state index contributed by atoms with van der Waals surface area (Å²) in [6.07, 6.45) is 0.524. The Kier molecular flexibility index (Phi) is 3.82. The summed E-state index contributed by atoms with van der Waals surface area (Å²) < 4.78 is 9.84. The van der Waals surface area contributed by atoms with Crippen molar-refractivity contribution in [1.82, 2.24) is 0 Å². The number of hydrogen-bond donors (Lipinski definition) is 1. The number of carboxylic acid groups (broad SMARTS) is 1. The van der Waals surface area contributed by atoms with E-state index in [1.54, 1.807) is 0 Å². The molecular weight excluding hydrogens is 228 g/mol. The number of carbonyl (C=O) groups is 3. The largest absolute Gasteiger partial charge is 0.492 e. The van der Waals surface area contributed by atoms with E-state index in [0.29, 0.717) is 6.29 Å². The molecule has 0 saturated carbocycles. The van der Waals surface area contributed by atoms with Crippen molar-refractivity contribution in [3.05, 3.63) is 23.3 Å². The predicted molar refractivity (Wildman–Crippen MR) is 56.9 cm³/mol. The number of carboxylic acids is 1. The van der Waals surface area contributed by atoms with Gasteiger partial charge in [0.2, 0.25) is 0 Å². The molecule has 0 fully saturated rings. The zero-order valence-corrected chi connectivity index (χ0v) is 9.22. The Balaban J connectivity index is 3.48. The number of carbonyl (C=O) groups excluding carboxylic acids is 2. The minimum Gasteiger partial charge on any atom is -0.492 e. The lowest BCUT2D eigenvalue weighted by Gasteiger charge is -2.12. The van der Waals surface area contributed by atoms with E-state index in [1.807, 2.05) is 0 Å². The number of methoxy groups -OCH3 is 2. The summed E-state index contributed by atoms with van der Waals surface area (Å²) in [6, 6.07) is 2.51. The van der Waals surface area contributed by atoms with Gasteiger partial charge in [0.15, 0.2) is 17.8 Å². The average Bonchev–Trinajstić information content (AvgIpc) is 2.35. The minimum atomic E-state index is -1.61. The van der Waals surface area contributed by atoms with Gasteiger partial charge >= 0.3 is 5.97 Å². The van der Waals surface area contributed by atoms with Gasteiger partial charge in [-0.3, -0.25) is 9.59 Å². The minimum absolute atomic E-state index is 0.0367. The molecule has 0 bridgehead atoms. The van der Waals surface area contributed by atoms with E-state index >= 15 is 0 Å². The van der Waals surface area contributed by atoms with Gasteiger partial charge in [0.25, 0.3) is 5.78 Å². The van der Waals surface area contributed by atoms with Crippen molar-refractivity contribution in [1.29, 1.82) is 0 Å². The standard InChI is InChI=1S/C11H10O6/c1-16-9-6(5-12)3-4-7(10(9)17-2)8(13)11(14)15/h3-5H,1-2H3,(H,14,15). The molecule has 17 heavy (non-hydrogen) atoms. The molecular formula is C11H10O6. The first-order valence-corrected chi connectivity index (χ1v) is 4.54. The van der Waals surface area contributed by atoms with Gasteiger partial charge in [-0.05, 0) is 12.1 Å². The van der Waals surface area contributed by atoms with Gasteiger partial charge in [0.05, 0.1) is 25.3 Å². The molecule has 0 heterocycles. The molecule has 0 aromatic heterocycles. The van der Waals surface area contributed by atoms with E-state index in [2.05, 4.69) is 0 Å². The average molecular weight is 238 g/mol. The second-order valence-electron chi connectivity index (χ2n) is 3.02. The van der Waals surface area contributed by atoms with Crippen LogP contribution < -0.4 is 9.47 Å². The molecule has 1 aromatic carbocycles. The van der Waals surface area contributed by atoms with E-state index in [4.69, 9.17) is 14.6 Å². The van der Waals surface area contributed by atoms with Crippen molar-refractivity contribution in [2.75, 3.05) is 14.2 Å². The van der Waals surface area contributed by atoms with Crippen molar-refractivity contribution < 1.29 is 29.0 Å². The topological polar surface area (TPSA) is 89.9 Å². The van der Waals surface area contributed by atoms with Crippen LogP contribution in [0.1, 0.15) is 20.7 Å². The lowest BCUT2D eigenvalue weighted by Crippen LogP contribution is -2.14. The van der Waals surface area contributed by atoms with Gasteiger partial charge in [-0.15, -0.1) is 0 Å². The zero-order valence-electron chi connectivity index (χ0n) is 9.22. The highest BCUT2D eigenvalue weighted by molar-refractivity contribution is 6.40. The number of ether oxygens (including phenoxy) is 2. The third-order valence-electron chi connectivity index (χ3n) is 2.12. The normalized spacial score (nSPS) is 9.53. The fraction of sp³-hybridized carbons (Fsp3) is 0.182. The summed E-state index contributed by atoms with van der Waals surface area (Å²) in [4.78, 5) is 32.7. The predicted octanol–water partition coefficient (Wildman–Crippen LogP) is 0.784. The summed E-state index contributed by atoms with van der Waals surface area (Å²) in [5.41, 5.74) is 0.00809. The fourth-order valence-electron chi connectivity index (χ4n) is 1.38. The molecule has 0 aliphatic heterocycles. The molecule has 1 rings (SSSR count). The van der Waals surface area contributed by atoms with Crippen LogP contribution in [0.2, 0.25) is 0 Å².